The SMILES string of the molecule is CCOc1cc(C=NNC(=O)CCC(=O)Nc2ccc(F)cc2)ccc1OCC(=O)OC. The fourth-order valence-corrected chi connectivity index (χ4v) is 2.41. The maximum absolute atomic E-state index is 12.9. The number of carbonyl (C=O) groups is 3. The van der Waals surface area contributed by atoms with Crippen LogP contribution >= 0.6 is 0 Å². The molecule has 0 saturated heterocycles. The Morgan fingerprint density at radius 2 is 1.72 bits per heavy atom. The lowest BCUT2D eigenvalue weighted by atomic mass is 10.2. The number of amides is 2. The van der Waals surface area contributed by atoms with Gasteiger partial charge in [-0.1, -0.05) is 0 Å². The monoisotopic (exact) mass is 445 g/mol. The number of rotatable bonds is 11. The zero-order chi connectivity index (χ0) is 23.3. The van der Waals surface area contributed by atoms with Crippen LogP contribution in [-0.2, 0) is 19.1 Å². The topological polar surface area (TPSA) is 115 Å². The quantitative estimate of drug-likeness (QED) is 0.312. The van der Waals surface area contributed by atoms with Crippen LogP contribution in [0.15, 0.2) is 47.6 Å². The molecule has 0 aliphatic carbocycles. The maximum atomic E-state index is 12.9. The van der Waals surface area contributed by atoms with E-state index in [0.717, 1.165) is 0 Å². The van der Waals surface area contributed by atoms with Crippen LogP contribution in [0.3, 0.4) is 0 Å². The first-order chi connectivity index (χ1) is 15.4. The summed E-state index contributed by atoms with van der Waals surface area (Å²) in [7, 11) is 1.26. The normalized spacial score (nSPS) is 10.5. The predicted octanol–water partition coefficient (Wildman–Crippen LogP) is 2.65. The van der Waals surface area contributed by atoms with Gasteiger partial charge in [-0.3, -0.25) is 9.59 Å². The molecule has 0 aromatic heterocycles. The van der Waals surface area contributed by atoms with E-state index in [2.05, 4.69) is 20.6 Å². The van der Waals surface area contributed by atoms with Crippen molar-refractivity contribution < 1.29 is 33.0 Å². The Balaban J connectivity index is 1.83. The van der Waals surface area contributed by atoms with Crippen molar-refractivity contribution >= 4 is 29.7 Å². The molecular formula is C22H24FN3O6. The predicted molar refractivity (Wildman–Crippen MR) is 115 cm³/mol. The Morgan fingerprint density at radius 1 is 1.00 bits per heavy atom. The molecule has 2 rings (SSSR count). The zero-order valence-corrected chi connectivity index (χ0v) is 17.7. The number of halogens is 1. The molecule has 0 fully saturated rings. The molecular weight excluding hydrogens is 421 g/mol. The molecule has 0 heterocycles. The zero-order valence-electron chi connectivity index (χ0n) is 17.7. The summed E-state index contributed by atoms with van der Waals surface area (Å²) in [5.41, 5.74) is 3.40. The van der Waals surface area contributed by atoms with Gasteiger partial charge >= 0.3 is 5.97 Å². The van der Waals surface area contributed by atoms with Crippen molar-refractivity contribution in [3.63, 3.8) is 0 Å². The van der Waals surface area contributed by atoms with Gasteiger partial charge in [0, 0.05) is 18.5 Å². The van der Waals surface area contributed by atoms with Crippen molar-refractivity contribution in [1.29, 1.82) is 0 Å². The van der Waals surface area contributed by atoms with Gasteiger partial charge in [0.1, 0.15) is 5.82 Å². The van der Waals surface area contributed by atoms with Gasteiger partial charge in [0.15, 0.2) is 18.1 Å². The number of nitrogens with one attached hydrogen (secondary N) is 2. The second-order valence-electron chi connectivity index (χ2n) is 6.35. The van der Waals surface area contributed by atoms with E-state index in [4.69, 9.17) is 9.47 Å². The minimum Gasteiger partial charge on any atom is -0.490 e. The fourth-order valence-electron chi connectivity index (χ4n) is 2.41. The molecule has 2 amide bonds. The number of hydrazone groups is 1. The first-order valence-electron chi connectivity index (χ1n) is 9.75. The van der Waals surface area contributed by atoms with Crippen LogP contribution in [0.1, 0.15) is 25.3 Å². The first kappa shape index (κ1) is 24.3. The molecule has 0 atom stereocenters. The molecule has 0 aliphatic heterocycles. The summed E-state index contributed by atoms with van der Waals surface area (Å²) in [6.07, 6.45) is 1.28. The Bertz CT molecular complexity index is 963. The molecule has 10 heteroatoms. The van der Waals surface area contributed by atoms with Crippen molar-refractivity contribution in [3.05, 3.63) is 53.8 Å². The number of esters is 1. The van der Waals surface area contributed by atoms with E-state index in [0.29, 0.717) is 29.4 Å². The number of benzene rings is 2. The lowest BCUT2D eigenvalue weighted by Gasteiger charge is -2.11. The van der Waals surface area contributed by atoms with Crippen LogP contribution in [0, 0.1) is 5.82 Å². The summed E-state index contributed by atoms with van der Waals surface area (Å²) in [6, 6.07) is 10.2. The molecule has 32 heavy (non-hydrogen) atoms. The fraction of sp³-hybridized carbons (Fsp3) is 0.273. The molecule has 0 bridgehead atoms. The number of hydrogen-bond donors (Lipinski definition) is 2. The highest BCUT2D eigenvalue weighted by Crippen LogP contribution is 2.28. The number of ether oxygens (including phenoxy) is 3. The molecule has 0 saturated carbocycles. The number of carbonyl (C=O) groups excluding carboxylic acids is 3. The van der Waals surface area contributed by atoms with Crippen LogP contribution in [-0.4, -0.2) is 44.3 Å². The summed E-state index contributed by atoms with van der Waals surface area (Å²) < 4.78 is 28.3. The molecule has 0 spiro atoms. The van der Waals surface area contributed by atoms with Crippen LogP contribution in [0.4, 0.5) is 10.1 Å². The van der Waals surface area contributed by atoms with Crippen molar-refractivity contribution in [1.82, 2.24) is 5.43 Å². The average molecular weight is 445 g/mol. The van der Waals surface area contributed by atoms with E-state index < -0.39 is 17.7 Å². The van der Waals surface area contributed by atoms with Crippen LogP contribution in [0.5, 0.6) is 11.5 Å². The third-order valence-corrected chi connectivity index (χ3v) is 3.95. The minimum absolute atomic E-state index is 0.0561. The second kappa shape index (κ2) is 12.7. The summed E-state index contributed by atoms with van der Waals surface area (Å²) in [4.78, 5) is 35.0. The third-order valence-electron chi connectivity index (χ3n) is 3.95. The molecule has 2 aromatic carbocycles. The van der Waals surface area contributed by atoms with E-state index in [-0.39, 0.29) is 25.4 Å². The van der Waals surface area contributed by atoms with Gasteiger partial charge in [-0.2, -0.15) is 5.10 Å². The Kier molecular flexibility index (Phi) is 9.64. The minimum atomic E-state index is -0.521. The van der Waals surface area contributed by atoms with Gasteiger partial charge < -0.3 is 19.5 Å². The first-order valence-corrected chi connectivity index (χ1v) is 9.75. The van der Waals surface area contributed by atoms with E-state index in [1.807, 2.05) is 0 Å². The smallest absolute Gasteiger partial charge is 0.343 e. The van der Waals surface area contributed by atoms with Crippen molar-refractivity contribution in [2.75, 3.05) is 25.6 Å². The van der Waals surface area contributed by atoms with Crippen molar-refractivity contribution in [3.8, 4) is 11.5 Å². The lowest BCUT2D eigenvalue weighted by molar-refractivity contribution is -0.143. The number of hydrogen-bond acceptors (Lipinski definition) is 7. The molecule has 170 valence electrons. The van der Waals surface area contributed by atoms with Crippen molar-refractivity contribution in [2.45, 2.75) is 19.8 Å². The molecule has 0 aliphatic rings. The number of nitrogens with zero attached hydrogens (tertiary/aromatic N) is 1. The standard InChI is InChI=1S/C22H24FN3O6/c1-3-31-19-12-15(4-9-18(19)32-14-22(29)30-2)13-24-26-21(28)11-10-20(27)25-17-7-5-16(23)6-8-17/h4-9,12-13H,3,10-11,14H2,1-2H3,(H,25,27)(H,26,28). The van der Waals surface area contributed by atoms with Crippen LogP contribution < -0.4 is 20.2 Å². The number of anilines is 1. The van der Waals surface area contributed by atoms with Gasteiger partial charge in [0.2, 0.25) is 11.8 Å². The highest BCUT2D eigenvalue weighted by atomic mass is 19.1. The maximum Gasteiger partial charge on any atom is 0.343 e. The Morgan fingerprint density at radius 3 is 2.41 bits per heavy atom. The Hall–Kier alpha value is -3.95. The van der Waals surface area contributed by atoms with Crippen LogP contribution in [0.25, 0.3) is 0 Å². The second-order valence-corrected chi connectivity index (χ2v) is 6.35. The largest absolute Gasteiger partial charge is 0.490 e. The summed E-state index contributed by atoms with van der Waals surface area (Å²) in [5.74, 6) is -0.975. The van der Waals surface area contributed by atoms with Gasteiger partial charge in [0.25, 0.3) is 0 Å². The summed E-state index contributed by atoms with van der Waals surface area (Å²) in [6.45, 7) is 1.93. The third kappa shape index (κ3) is 8.42. The summed E-state index contributed by atoms with van der Waals surface area (Å²) >= 11 is 0. The van der Waals surface area contributed by atoms with Gasteiger partial charge in [-0.25, -0.2) is 14.6 Å². The van der Waals surface area contributed by atoms with Crippen molar-refractivity contribution in [2.24, 2.45) is 5.10 Å². The van der Waals surface area contributed by atoms with E-state index in [1.54, 1.807) is 25.1 Å². The highest BCUT2D eigenvalue weighted by Gasteiger charge is 2.10. The molecule has 2 N–H and O–H groups in total. The number of methoxy groups -OCH3 is 1. The van der Waals surface area contributed by atoms with E-state index in [1.165, 1.54) is 37.6 Å². The van der Waals surface area contributed by atoms with Gasteiger partial charge in [-0.15, -0.1) is 0 Å². The molecule has 0 radical (unpaired) electrons. The molecule has 0 unspecified atom stereocenters. The lowest BCUT2D eigenvalue weighted by Crippen LogP contribution is -2.20. The molecule has 2 aromatic rings. The van der Waals surface area contributed by atoms with Gasteiger partial charge in [0.05, 0.1) is 19.9 Å². The Labute approximate surface area is 184 Å². The average Bonchev–Trinajstić information content (AvgIpc) is 2.78. The molecule has 9 nitrogen and oxygen atoms in total. The van der Waals surface area contributed by atoms with E-state index >= 15 is 0 Å². The summed E-state index contributed by atoms with van der Waals surface area (Å²) in [5, 5.41) is 6.44. The highest BCUT2D eigenvalue weighted by molar-refractivity contribution is 5.93. The van der Waals surface area contributed by atoms with Crippen LogP contribution in [0.2, 0.25) is 0 Å². The van der Waals surface area contributed by atoms with E-state index in [9.17, 15) is 18.8 Å². The van der Waals surface area contributed by atoms with Gasteiger partial charge in [-0.05, 0) is 55.0 Å².